The van der Waals surface area contributed by atoms with Crippen LogP contribution in [-0.2, 0) is 4.79 Å². The summed E-state index contributed by atoms with van der Waals surface area (Å²) in [5, 5.41) is 19.4. The third-order valence-corrected chi connectivity index (χ3v) is 2.11. The second kappa shape index (κ2) is 3.64. The molecule has 0 bridgehead atoms. The van der Waals surface area contributed by atoms with Crippen molar-refractivity contribution in [1.82, 2.24) is 0 Å². The SMILES string of the molecule is CC(C)(O)C(CC(N)=O)C(C)(C)O. The zero-order valence-corrected chi connectivity index (χ0v) is 8.66. The van der Waals surface area contributed by atoms with Crippen LogP contribution in [0.3, 0.4) is 0 Å². The Bertz CT molecular complexity index is 174. The minimum atomic E-state index is -1.12. The van der Waals surface area contributed by atoms with Crippen LogP contribution in [0, 0.1) is 5.92 Å². The summed E-state index contributed by atoms with van der Waals surface area (Å²) in [7, 11) is 0. The van der Waals surface area contributed by atoms with Crippen molar-refractivity contribution in [3.05, 3.63) is 0 Å². The molecule has 0 aromatic heterocycles. The van der Waals surface area contributed by atoms with E-state index in [0.29, 0.717) is 0 Å². The summed E-state index contributed by atoms with van der Waals surface area (Å²) in [4.78, 5) is 10.7. The Morgan fingerprint density at radius 1 is 1.23 bits per heavy atom. The Hall–Kier alpha value is -0.610. The van der Waals surface area contributed by atoms with Gasteiger partial charge in [0.25, 0.3) is 0 Å². The third kappa shape index (κ3) is 4.24. The van der Waals surface area contributed by atoms with Crippen LogP contribution in [0.2, 0.25) is 0 Å². The molecule has 0 fully saturated rings. The second-order valence-corrected chi connectivity index (χ2v) is 4.53. The number of amides is 1. The molecule has 0 aliphatic carbocycles. The molecule has 0 rings (SSSR count). The Balaban J connectivity index is 4.68. The Labute approximate surface area is 78.7 Å². The summed E-state index contributed by atoms with van der Waals surface area (Å²) in [6.45, 7) is 6.22. The standard InChI is InChI=1S/C9H19NO3/c1-8(2,12)6(5-7(10)11)9(3,4)13/h6,12-13H,5H2,1-4H3,(H2,10,11). The molecule has 78 valence electrons. The van der Waals surface area contributed by atoms with Crippen LogP contribution in [0.4, 0.5) is 0 Å². The molecule has 0 aromatic carbocycles. The van der Waals surface area contributed by atoms with Gasteiger partial charge in [-0.05, 0) is 27.7 Å². The van der Waals surface area contributed by atoms with E-state index < -0.39 is 23.0 Å². The maximum Gasteiger partial charge on any atom is 0.217 e. The zero-order chi connectivity index (χ0) is 10.9. The highest BCUT2D eigenvalue weighted by Crippen LogP contribution is 2.30. The fourth-order valence-electron chi connectivity index (χ4n) is 1.57. The maximum absolute atomic E-state index is 10.7. The molecule has 1 amide bonds. The summed E-state index contributed by atoms with van der Waals surface area (Å²) in [5.41, 5.74) is 2.79. The lowest BCUT2D eigenvalue weighted by atomic mass is 9.76. The normalized spacial score (nSPS) is 13.5. The lowest BCUT2D eigenvalue weighted by molar-refractivity contribution is -0.130. The van der Waals surface area contributed by atoms with Crippen LogP contribution >= 0.6 is 0 Å². The number of aliphatic hydroxyl groups is 2. The molecule has 4 nitrogen and oxygen atoms in total. The highest BCUT2D eigenvalue weighted by Gasteiger charge is 2.39. The molecule has 0 unspecified atom stereocenters. The predicted molar refractivity (Wildman–Crippen MR) is 49.9 cm³/mol. The summed E-state index contributed by atoms with van der Waals surface area (Å²) in [6.07, 6.45) is -0.0208. The minimum Gasteiger partial charge on any atom is -0.390 e. The lowest BCUT2D eigenvalue weighted by Crippen LogP contribution is -2.47. The molecule has 0 aromatic rings. The molecule has 0 saturated carbocycles. The van der Waals surface area contributed by atoms with Crippen LogP contribution in [-0.4, -0.2) is 27.3 Å². The zero-order valence-electron chi connectivity index (χ0n) is 8.66. The monoisotopic (exact) mass is 189 g/mol. The molecule has 0 saturated heterocycles. The molecule has 4 N–H and O–H groups in total. The van der Waals surface area contributed by atoms with Crippen molar-refractivity contribution in [2.24, 2.45) is 11.7 Å². The highest BCUT2D eigenvalue weighted by atomic mass is 16.3. The third-order valence-electron chi connectivity index (χ3n) is 2.11. The van der Waals surface area contributed by atoms with Crippen molar-refractivity contribution >= 4 is 5.91 Å². The van der Waals surface area contributed by atoms with Crippen molar-refractivity contribution in [3.8, 4) is 0 Å². The van der Waals surface area contributed by atoms with Gasteiger partial charge < -0.3 is 15.9 Å². The van der Waals surface area contributed by atoms with Crippen LogP contribution in [0.1, 0.15) is 34.1 Å². The van der Waals surface area contributed by atoms with E-state index in [-0.39, 0.29) is 6.42 Å². The van der Waals surface area contributed by atoms with Gasteiger partial charge in [-0.25, -0.2) is 0 Å². The number of rotatable bonds is 4. The predicted octanol–water partition coefficient (Wildman–Crippen LogP) is 0.0198. The largest absolute Gasteiger partial charge is 0.390 e. The fourth-order valence-corrected chi connectivity index (χ4v) is 1.57. The van der Waals surface area contributed by atoms with Crippen molar-refractivity contribution in [3.63, 3.8) is 0 Å². The average molecular weight is 189 g/mol. The van der Waals surface area contributed by atoms with Gasteiger partial charge in [0.15, 0.2) is 0 Å². The molecule has 0 aliphatic rings. The first kappa shape index (κ1) is 12.4. The molecular weight excluding hydrogens is 170 g/mol. The van der Waals surface area contributed by atoms with Crippen molar-refractivity contribution < 1.29 is 15.0 Å². The second-order valence-electron chi connectivity index (χ2n) is 4.53. The number of carbonyl (C=O) groups is 1. The molecule has 0 spiro atoms. The number of hydrogen-bond acceptors (Lipinski definition) is 3. The minimum absolute atomic E-state index is 0.0208. The summed E-state index contributed by atoms with van der Waals surface area (Å²) in [5.74, 6) is -1.08. The van der Waals surface area contributed by atoms with Gasteiger partial charge in [-0.1, -0.05) is 0 Å². The molecule has 0 atom stereocenters. The van der Waals surface area contributed by atoms with E-state index in [4.69, 9.17) is 5.73 Å². The summed E-state index contributed by atoms with van der Waals surface area (Å²) < 4.78 is 0. The smallest absolute Gasteiger partial charge is 0.217 e. The van der Waals surface area contributed by atoms with Gasteiger partial charge >= 0.3 is 0 Å². The number of hydrogen-bond donors (Lipinski definition) is 3. The van der Waals surface area contributed by atoms with Crippen LogP contribution in [0.5, 0.6) is 0 Å². The Morgan fingerprint density at radius 2 is 1.54 bits per heavy atom. The van der Waals surface area contributed by atoms with Gasteiger partial charge in [0.05, 0.1) is 11.2 Å². The topological polar surface area (TPSA) is 83.5 Å². The number of primary amides is 1. The summed E-state index contributed by atoms with van der Waals surface area (Å²) >= 11 is 0. The van der Waals surface area contributed by atoms with Crippen molar-refractivity contribution in [2.75, 3.05) is 0 Å². The van der Waals surface area contributed by atoms with E-state index in [1.165, 1.54) is 0 Å². The molecular formula is C9H19NO3. The Kier molecular flexibility index (Phi) is 3.47. The van der Waals surface area contributed by atoms with Gasteiger partial charge in [0.2, 0.25) is 5.91 Å². The van der Waals surface area contributed by atoms with E-state index in [2.05, 4.69) is 0 Å². The molecule has 13 heavy (non-hydrogen) atoms. The Morgan fingerprint density at radius 3 is 1.62 bits per heavy atom. The van der Waals surface area contributed by atoms with E-state index in [1.54, 1.807) is 27.7 Å². The number of nitrogens with two attached hydrogens (primary N) is 1. The molecule has 0 aliphatic heterocycles. The van der Waals surface area contributed by atoms with Crippen LogP contribution in [0.15, 0.2) is 0 Å². The van der Waals surface area contributed by atoms with Gasteiger partial charge in [-0.15, -0.1) is 0 Å². The quantitative estimate of drug-likeness (QED) is 0.583. The highest BCUT2D eigenvalue weighted by molar-refractivity contribution is 5.74. The van der Waals surface area contributed by atoms with E-state index >= 15 is 0 Å². The molecule has 0 heterocycles. The van der Waals surface area contributed by atoms with E-state index in [1.807, 2.05) is 0 Å². The molecule has 4 heteroatoms. The lowest BCUT2D eigenvalue weighted by Gasteiger charge is -2.37. The van der Waals surface area contributed by atoms with Gasteiger partial charge in [0.1, 0.15) is 0 Å². The first-order valence-corrected chi connectivity index (χ1v) is 4.28. The fraction of sp³-hybridized carbons (Fsp3) is 0.889. The average Bonchev–Trinajstić information content (AvgIpc) is 1.77. The number of carbonyl (C=O) groups excluding carboxylic acids is 1. The first-order chi connectivity index (χ1) is 5.55. The van der Waals surface area contributed by atoms with Gasteiger partial charge in [0, 0.05) is 12.3 Å². The van der Waals surface area contributed by atoms with Gasteiger partial charge in [-0.3, -0.25) is 4.79 Å². The van der Waals surface area contributed by atoms with Crippen LogP contribution < -0.4 is 5.73 Å². The van der Waals surface area contributed by atoms with Crippen molar-refractivity contribution in [1.29, 1.82) is 0 Å². The first-order valence-electron chi connectivity index (χ1n) is 4.28. The van der Waals surface area contributed by atoms with Crippen LogP contribution in [0.25, 0.3) is 0 Å². The summed E-state index contributed by atoms with van der Waals surface area (Å²) in [6, 6.07) is 0. The van der Waals surface area contributed by atoms with Gasteiger partial charge in [-0.2, -0.15) is 0 Å². The van der Waals surface area contributed by atoms with E-state index in [9.17, 15) is 15.0 Å². The van der Waals surface area contributed by atoms with E-state index in [0.717, 1.165) is 0 Å². The molecule has 0 radical (unpaired) electrons. The maximum atomic E-state index is 10.7. The van der Waals surface area contributed by atoms with Crippen molar-refractivity contribution in [2.45, 2.75) is 45.3 Å².